The van der Waals surface area contributed by atoms with Gasteiger partial charge in [0.25, 0.3) is 0 Å². The lowest BCUT2D eigenvalue weighted by atomic mass is 10.1. The maximum absolute atomic E-state index is 10.4. The molecule has 1 N–H and O–H groups in total. The van der Waals surface area contributed by atoms with Gasteiger partial charge in [0, 0.05) is 6.42 Å². The standard InChI is InChI=1S/C16H16O3/c1-12-2-6-15(7-3-12)19-16-8-4-13(5-9-16)10-14(18)11-17/h2-9,11,14,18H,10H2,1H3. The summed E-state index contributed by atoms with van der Waals surface area (Å²) in [6.07, 6.45) is -0.0748. The molecule has 0 aromatic heterocycles. The van der Waals surface area contributed by atoms with E-state index in [1.807, 2.05) is 55.5 Å². The summed E-state index contributed by atoms with van der Waals surface area (Å²) in [5.74, 6) is 1.51. The topological polar surface area (TPSA) is 46.5 Å². The van der Waals surface area contributed by atoms with Crippen molar-refractivity contribution in [3.8, 4) is 11.5 Å². The van der Waals surface area contributed by atoms with Gasteiger partial charge in [-0.1, -0.05) is 29.8 Å². The van der Waals surface area contributed by atoms with Crippen molar-refractivity contribution in [2.24, 2.45) is 0 Å². The molecule has 19 heavy (non-hydrogen) atoms. The van der Waals surface area contributed by atoms with Gasteiger partial charge in [0.05, 0.1) is 0 Å². The molecule has 0 saturated heterocycles. The van der Waals surface area contributed by atoms with Crippen molar-refractivity contribution >= 4 is 6.29 Å². The van der Waals surface area contributed by atoms with Crippen molar-refractivity contribution in [1.29, 1.82) is 0 Å². The number of aldehydes is 1. The molecule has 0 saturated carbocycles. The quantitative estimate of drug-likeness (QED) is 0.837. The highest BCUT2D eigenvalue weighted by Gasteiger charge is 2.04. The number of benzene rings is 2. The van der Waals surface area contributed by atoms with Crippen molar-refractivity contribution in [1.82, 2.24) is 0 Å². The van der Waals surface area contributed by atoms with E-state index < -0.39 is 6.10 Å². The number of carbonyl (C=O) groups is 1. The zero-order valence-corrected chi connectivity index (χ0v) is 10.7. The Balaban J connectivity index is 2.02. The summed E-state index contributed by atoms with van der Waals surface area (Å²) in [4.78, 5) is 10.4. The predicted molar refractivity (Wildman–Crippen MR) is 73.5 cm³/mol. The molecule has 0 heterocycles. The van der Waals surface area contributed by atoms with Crippen LogP contribution in [0.5, 0.6) is 11.5 Å². The fourth-order valence-corrected chi connectivity index (χ4v) is 1.73. The highest BCUT2D eigenvalue weighted by Crippen LogP contribution is 2.22. The van der Waals surface area contributed by atoms with Gasteiger partial charge in [-0.3, -0.25) is 0 Å². The number of aryl methyl sites for hydroxylation is 1. The van der Waals surface area contributed by atoms with E-state index in [1.165, 1.54) is 5.56 Å². The van der Waals surface area contributed by atoms with E-state index in [4.69, 9.17) is 4.74 Å². The fraction of sp³-hybridized carbons (Fsp3) is 0.188. The Bertz CT molecular complexity index is 529. The zero-order valence-electron chi connectivity index (χ0n) is 10.7. The minimum atomic E-state index is -0.941. The van der Waals surface area contributed by atoms with Crippen LogP contribution in [0.25, 0.3) is 0 Å². The average molecular weight is 256 g/mol. The van der Waals surface area contributed by atoms with E-state index in [0.717, 1.165) is 17.1 Å². The molecule has 0 radical (unpaired) electrons. The van der Waals surface area contributed by atoms with Crippen molar-refractivity contribution in [3.05, 3.63) is 59.7 Å². The second-order valence-corrected chi connectivity index (χ2v) is 4.47. The second-order valence-electron chi connectivity index (χ2n) is 4.47. The van der Waals surface area contributed by atoms with Crippen LogP contribution < -0.4 is 4.74 Å². The van der Waals surface area contributed by atoms with Gasteiger partial charge in [0.2, 0.25) is 0 Å². The van der Waals surface area contributed by atoms with Gasteiger partial charge >= 0.3 is 0 Å². The van der Waals surface area contributed by atoms with E-state index >= 15 is 0 Å². The number of aliphatic hydroxyl groups excluding tert-OH is 1. The van der Waals surface area contributed by atoms with Crippen LogP contribution in [0, 0.1) is 6.92 Å². The van der Waals surface area contributed by atoms with Crippen LogP contribution >= 0.6 is 0 Å². The highest BCUT2D eigenvalue weighted by molar-refractivity contribution is 5.56. The number of rotatable bonds is 5. The van der Waals surface area contributed by atoms with Gasteiger partial charge in [-0.15, -0.1) is 0 Å². The Kier molecular flexibility index (Phi) is 4.31. The van der Waals surface area contributed by atoms with E-state index in [2.05, 4.69) is 0 Å². The van der Waals surface area contributed by atoms with Crippen LogP contribution in [0.4, 0.5) is 0 Å². The first-order valence-electron chi connectivity index (χ1n) is 6.14. The third kappa shape index (κ3) is 3.93. The van der Waals surface area contributed by atoms with Crippen LogP contribution in [0.15, 0.2) is 48.5 Å². The first kappa shape index (κ1) is 13.3. The molecular weight excluding hydrogens is 240 g/mol. The molecular formula is C16H16O3. The van der Waals surface area contributed by atoms with Crippen LogP contribution in [-0.2, 0) is 11.2 Å². The number of hydrogen-bond donors (Lipinski definition) is 1. The average Bonchev–Trinajstić information content (AvgIpc) is 2.43. The van der Waals surface area contributed by atoms with Gasteiger partial charge in [0.15, 0.2) is 0 Å². The van der Waals surface area contributed by atoms with Crippen molar-refractivity contribution in [2.45, 2.75) is 19.4 Å². The maximum Gasteiger partial charge on any atom is 0.148 e. The molecule has 1 unspecified atom stereocenters. The lowest BCUT2D eigenvalue weighted by Crippen LogP contribution is -2.11. The SMILES string of the molecule is Cc1ccc(Oc2ccc(CC(O)C=O)cc2)cc1. The number of hydrogen-bond acceptors (Lipinski definition) is 3. The Hall–Kier alpha value is -2.13. The van der Waals surface area contributed by atoms with Gasteiger partial charge in [-0.05, 0) is 36.8 Å². The Labute approximate surface area is 112 Å². The first-order valence-corrected chi connectivity index (χ1v) is 6.14. The fourth-order valence-electron chi connectivity index (χ4n) is 1.73. The van der Waals surface area contributed by atoms with Crippen molar-refractivity contribution in [3.63, 3.8) is 0 Å². The lowest BCUT2D eigenvalue weighted by Gasteiger charge is -2.07. The van der Waals surface area contributed by atoms with Gasteiger partial charge in [-0.2, -0.15) is 0 Å². The molecule has 3 nitrogen and oxygen atoms in total. The van der Waals surface area contributed by atoms with E-state index in [0.29, 0.717) is 12.7 Å². The summed E-state index contributed by atoms with van der Waals surface area (Å²) in [6.45, 7) is 2.02. The third-order valence-corrected chi connectivity index (χ3v) is 2.78. The lowest BCUT2D eigenvalue weighted by molar-refractivity contribution is -0.114. The number of aliphatic hydroxyl groups is 1. The van der Waals surface area contributed by atoms with E-state index in [1.54, 1.807) is 0 Å². The predicted octanol–water partition coefficient (Wildman–Crippen LogP) is 2.89. The minimum Gasteiger partial charge on any atom is -0.457 e. The molecule has 0 fully saturated rings. The smallest absolute Gasteiger partial charge is 0.148 e. The van der Waals surface area contributed by atoms with Crippen molar-refractivity contribution < 1.29 is 14.6 Å². The third-order valence-electron chi connectivity index (χ3n) is 2.78. The van der Waals surface area contributed by atoms with Gasteiger partial charge < -0.3 is 14.6 Å². The van der Waals surface area contributed by atoms with Gasteiger partial charge in [-0.25, -0.2) is 0 Å². The van der Waals surface area contributed by atoms with Crippen LogP contribution in [0.2, 0.25) is 0 Å². The van der Waals surface area contributed by atoms with Crippen LogP contribution in [-0.4, -0.2) is 17.5 Å². The summed E-state index contributed by atoms with van der Waals surface area (Å²) in [6, 6.07) is 15.2. The Morgan fingerprint density at radius 2 is 1.58 bits per heavy atom. The summed E-state index contributed by atoms with van der Waals surface area (Å²) in [5, 5.41) is 9.24. The Morgan fingerprint density at radius 3 is 2.11 bits per heavy atom. The molecule has 98 valence electrons. The Morgan fingerprint density at radius 1 is 1.05 bits per heavy atom. The highest BCUT2D eigenvalue weighted by atomic mass is 16.5. The zero-order chi connectivity index (χ0) is 13.7. The molecule has 3 heteroatoms. The molecule has 0 amide bonds. The van der Waals surface area contributed by atoms with E-state index in [9.17, 15) is 9.90 Å². The van der Waals surface area contributed by atoms with Crippen LogP contribution in [0.1, 0.15) is 11.1 Å². The number of carbonyl (C=O) groups excluding carboxylic acids is 1. The van der Waals surface area contributed by atoms with Gasteiger partial charge in [0.1, 0.15) is 23.9 Å². The molecule has 0 bridgehead atoms. The molecule has 0 aliphatic heterocycles. The molecule has 2 aromatic carbocycles. The maximum atomic E-state index is 10.4. The summed E-state index contributed by atoms with van der Waals surface area (Å²) in [7, 11) is 0. The molecule has 0 aliphatic rings. The summed E-state index contributed by atoms with van der Waals surface area (Å²) >= 11 is 0. The van der Waals surface area contributed by atoms with Crippen LogP contribution in [0.3, 0.4) is 0 Å². The molecule has 1 atom stereocenters. The summed E-state index contributed by atoms with van der Waals surface area (Å²) in [5.41, 5.74) is 2.08. The largest absolute Gasteiger partial charge is 0.457 e. The summed E-state index contributed by atoms with van der Waals surface area (Å²) < 4.78 is 5.69. The first-order chi connectivity index (χ1) is 9.17. The number of ether oxygens (including phenoxy) is 1. The minimum absolute atomic E-state index is 0.328. The molecule has 2 rings (SSSR count). The normalized spacial score (nSPS) is 11.9. The second kappa shape index (κ2) is 6.16. The molecule has 0 aliphatic carbocycles. The monoisotopic (exact) mass is 256 g/mol. The molecule has 2 aromatic rings. The van der Waals surface area contributed by atoms with E-state index in [-0.39, 0.29) is 0 Å². The van der Waals surface area contributed by atoms with Crippen molar-refractivity contribution in [2.75, 3.05) is 0 Å². The molecule has 0 spiro atoms.